The minimum absolute atomic E-state index is 0.662. The zero-order chi connectivity index (χ0) is 27.6. The standard InChI is InChI=1S/C33H27N7/c1-20-35-21(2)38-32(37-20)26-11-5-9-24(17-26)29-14-7-15-30(28-13-8-16-34-19-28)31(29)25-10-6-12-27(18-25)33-39-22(3)36-23(4)40-33/h5-19H,1-4H3. The molecule has 40 heavy (non-hydrogen) atoms. The molecule has 0 radical (unpaired) electrons. The van der Waals surface area contributed by atoms with Crippen LogP contribution in [-0.2, 0) is 0 Å². The summed E-state index contributed by atoms with van der Waals surface area (Å²) >= 11 is 0. The van der Waals surface area contributed by atoms with Gasteiger partial charge in [-0.1, -0.05) is 60.7 Å². The van der Waals surface area contributed by atoms with Crippen LogP contribution in [-0.4, -0.2) is 34.9 Å². The predicted octanol–water partition coefficient (Wildman–Crippen LogP) is 7.02. The molecule has 0 aliphatic carbocycles. The van der Waals surface area contributed by atoms with Crippen molar-refractivity contribution < 1.29 is 0 Å². The lowest BCUT2D eigenvalue weighted by molar-refractivity contribution is 0.928. The number of rotatable bonds is 5. The smallest absolute Gasteiger partial charge is 0.163 e. The largest absolute Gasteiger partial charge is 0.264 e. The lowest BCUT2D eigenvalue weighted by Crippen LogP contribution is -1.99. The quantitative estimate of drug-likeness (QED) is 0.241. The number of aryl methyl sites for hydroxylation is 4. The molecule has 194 valence electrons. The summed E-state index contributed by atoms with van der Waals surface area (Å²) in [6.07, 6.45) is 3.69. The van der Waals surface area contributed by atoms with Crippen molar-refractivity contribution in [2.45, 2.75) is 27.7 Å². The molecule has 0 aliphatic heterocycles. The summed E-state index contributed by atoms with van der Waals surface area (Å²) in [6, 6.07) is 27.2. The van der Waals surface area contributed by atoms with E-state index in [-0.39, 0.29) is 0 Å². The van der Waals surface area contributed by atoms with Gasteiger partial charge in [-0.05, 0) is 73.7 Å². The third-order valence-electron chi connectivity index (χ3n) is 6.60. The van der Waals surface area contributed by atoms with Crippen LogP contribution < -0.4 is 0 Å². The predicted molar refractivity (Wildman–Crippen MR) is 157 cm³/mol. The molecule has 6 aromatic rings. The Morgan fingerprint density at radius 3 is 1.43 bits per heavy atom. The van der Waals surface area contributed by atoms with Crippen molar-refractivity contribution >= 4 is 0 Å². The Labute approximate surface area is 233 Å². The molecule has 0 atom stereocenters. The van der Waals surface area contributed by atoms with Gasteiger partial charge >= 0.3 is 0 Å². The van der Waals surface area contributed by atoms with Gasteiger partial charge in [-0.3, -0.25) is 4.98 Å². The molecule has 0 spiro atoms. The molecule has 0 unspecified atom stereocenters. The third-order valence-corrected chi connectivity index (χ3v) is 6.60. The van der Waals surface area contributed by atoms with Crippen molar-refractivity contribution in [1.29, 1.82) is 0 Å². The average molecular weight is 522 g/mol. The zero-order valence-corrected chi connectivity index (χ0v) is 22.8. The van der Waals surface area contributed by atoms with Crippen LogP contribution in [0.1, 0.15) is 23.3 Å². The van der Waals surface area contributed by atoms with Crippen LogP contribution in [0, 0.1) is 27.7 Å². The van der Waals surface area contributed by atoms with E-state index in [0.29, 0.717) is 34.9 Å². The third kappa shape index (κ3) is 5.09. The Hall–Kier alpha value is -5.17. The Morgan fingerprint density at radius 2 is 0.875 bits per heavy atom. The van der Waals surface area contributed by atoms with E-state index in [1.165, 1.54) is 0 Å². The normalized spacial score (nSPS) is 11.0. The fourth-order valence-corrected chi connectivity index (χ4v) is 5.00. The molecule has 3 heterocycles. The first-order valence-electron chi connectivity index (χ1n) is 13.1. The van der Waals surface area contributed by atoms with Gasteiger partial charge in [0.2, 0.25) is 0 Å². The second-order valence-corrected chi connectivity index (χ2v) is 9.64. The van der Waals surface area contributed by atoms with Gasteiger partial charge in [-0.25, -0.2) is 29.9 Å². The monoisotopic (exact) mass is 521 g/mol. The molecule has 0 N–H and O–H groups in total. The van der Waals surface area contributed by atoms with Crippen molar-refractivity contribution in [2.75, 3.05) is 0 Å². The minimum Gasteiger partial charge on any atom is -0.264 e. The first-order chi connectivity index (χ1) is 19.4. The van der Waals surface area contributed by atoms with Crippen LogP contribution in [0.5, 0.6) is 0 Å². The number of benzene rings is 3. The maximum atomic E-state index is 4.61. The Kier molecular flexibility index (Phi) is 6.62. The van der Waals surface area contributed by atoms with Crippen LogP contribution in [0.15, 0.2) is 91.3 Å². The maximum Gasteiger partial charge on any atom is 0.163 e. The van der Waals surface area contributed by atoms with Gasteiger partial charge in [0.25, 0.3) is 0 Å². The highest BCUT2D eigenvalue weighted by atomic mass is 15.0. The zero-order valence-electron chi connectivity index (χ0n) is 22.8. The van der Waals surface area contributed by atoms with Gasteiger partial charge in [0.05, 0.1) is 0 Å². The molecule has 0 saturated carbocycles. The highest BCUT2D eigenvalue weighted by molar-refractivity contribution is 5.95. The summed E-state index contributed by atoms with van der Waals surface area (Å²) in [5.74, 6) is 4.13. The van der Waals surface area contributed by atoms with Crippen LogP contribution in [0.4, 0.5) is 0 Å². The van der Waals surface area contributed by atoms with E-state index in [0.717, 1.165) is 44.5 Å². The summed E-state index contributed by atoms with van der Waals surface area (Å²) < 4.78 is 0. The van der Waals surface area contributed by atoms with Crippen LogP contribution in [0.25, 0.3) is 56.2 Å². The van der Waals surface area contributed by atoms with Crippen molar-refractivity contribution in [3.63, 3.8) is 0 Å². The summed E-state index contributed by atoms with van der Waals surface area (Å²) in [4.78, 5) is 31.5. The summed E-state index contributed by atoms with van der Waals surface area (Å²) in [5, 5.41) is 0. The van der Waals surface area contributed by atoms with E-state index in [1.807, 2.05) is 58.2 Å². The van der Waals surface area contributed by atoms with E-state index >= 15 is 0 Å². The average Bonchev–Trinajstić information content (AvgIpc) is 2.96. The van der Waals surface area contributed by atoms with Gasteiger partial charge in [0.15, 0.2) is 11.6 Å². The Bertz CT molecular complexity index is 1810. The SMILES string of the molecule is Cc1nc(C)nc(-c2cccc(-c3cccc(-c4cccnc4)c3-c3cccc(-c4nc(C)nc(C)n4)c3)c2)n1. The van der Waals surface area contributed by atoms with Crippen molar-refractivity contribution in [1.82, 2.24) is 34.9 Å². The number of hydrogen-bond acceptors (Lipinski definition) is 7. The van der Waals surface area contributed by atoms with Gasteiger partial charge in [0, 0.05) is 29.1 Å². The summed E-state index contributed by atoms with van der Waals surface area (Å²) in [6.45, 7) is 7.56. The number of nitrogens with zero attached hydrogens (tertiary/aromatic N) is 7. The molecule has 0 aliphatic rings. The number of pyridine rings is 1. The highest BCUT2D eigenvalue weighted by Crippen LogP contribution is 2.41. The second-order valence-electron chi connectivity index (χ2n) is 9.64. The molecule has 7 heteroatoms. The van der Waals surface area contributed by atoms with Crippen molar-refractivity contribution in [3.05, 3.63) is 115 Å². The Morgan fingerprint density at radius 1 is 0.425 bits per heavy atom. The van der Waals surface area contributed by atoms with Crippen molar-refractivity contribution in [2.24, 2.45) is 0 Å². The number of hydrogen-bond donors (Lipinski definition) is 0. The summed E-state index contributed by atoms with van der Waals surface area (Å²) in [7, 11) is 0. The van der Waals surface area contributed by atoms with E-state index in [4.69, 9.17) is 0 Å². The maximum absolute atomic E-state index is 4.61. The molecule has 0 bridgehead atoms. The molecule has 7 nitrogen and oxygen atoms in total. The molecule has 3 aromatic heterocycles. The number of aromatic nitrogens is 7. The van der Waals surface area contributed by atoms with E-state index in [9.17, 15) is 0 Å². The molecule has 6 rings (SSSR count). The molecule has 3 aromatic carbocycles. The molecular formula is C33H27N7. The van der Waals surface area contributed by atoms with Gasteiger partial charge in [-0.15, -0.1) is 0 Å². The van der Waals surface area contributed by atoms with E-state index < -0.39 is 0 Å². The molecule has 0 fully saturated rings. The minimum atomic E-state index is 0.662. The molecular weight excluding hydrogens is 494 g/mol. The van der Waals surface area contributed by atoms with Crippen LogP contribution >= 0.6 is 0 Å². The fourth-order valence-electron chi connectivity index (χ4n) is 5.00. The lowest BCUT2D eigenvalue weighted by Gasteiger charge is -2.17. The van der Waals surface area contributed by atoms with E-state index in [2.05, 4.69) is 89.5 Å². The highest BCUT2D eigenvalue weighted by Gasteiger charge is 2.17. The fraction of sp³-hybridized carbons (Fsp3) is 0.121. The van der Waals surface area contributed by atoms with Gasteiger partial charge < -0.3 is 0 Å². The van der Waals surface area contributed by atoms with E-state index in [1.54, 1.807) is 6.20 Å². The topological polar surface area (TPSA) is 90.2 Å². The first kappa shape index (κ1) is 25.1. The molecule has 0 saturated heterocycles. The summed E-state index contributed by atoms with van der Waals surface area (Å²) in [5.41, 5.74) is 8.30. The second kappa shape index (κ2) is 10.5. The van der Waals surface area contributed by atoms with Gasteiger partial charge in [0.1, 0.15) is 23.3 Å². The first-order valence-corrected chi connectivity index (χ1v) is 13.1. The van der Waals surface area contributed by atoms with Crippen LogP contribution in [0.3, 0.4) is 0 Å². The van der Waals surface area contributed by atoms with Gasteiger partial charge in [-0.2, -0.15) is 0 Å². The van der Waals surface area contributed by atoms with Crippen LogP contribution in [0.2, 0.25) is 0 Å². The Balaban J connectivity index is 1.57. The molecule has 0 amide bonds. The van der Waals surface area contributed by atoms with Crippen molar-refractivity contribution in [3.8, 4) is 56.2 Å². The lowest BCUT2D eigenvalue weighted by atomic mass is 9.87.